The van der Waals surface area contributed by atoms with Crippen molar-refractivity contribution in [2.75, 3.05) is 20.2 Å². The van der Waals surface area contributed by atoms with E-state index in [4.69, 9.17) is 44.5 Å². The van der Waals surface area contributed by atoms with E-state index in [0.29, 0.717) is 65.7 Å². The summed E-state index contributed by atoms with van der Waals surface area (Å²) in [6.45, 7) is 2.59. The number of carbonyl (C=O) groups excluding carboxylic acids is 2. The topological polar surface area (TPSA) is 104 Å². The van der Waals surface area contributed by atoms with Crippen LogP contribution in [0.25, 0.3) is 33.5 Å². The van der Waals surface area contributed by atoms with E-state index in [0.717, 1.165) is 51.8 Å². The van der Waals surface area contributed by atoms with Crippen LogP contribution in [0.15, 0.2) is 66.7 Å². The zero-order chi connectivity index (χ0) is 32.9. The first-order valence-corrected chi connectivity index (χ1v) is 16.8. The van der Waals surface area contributed by atoms with Crippen LogP contribution >= 0.6 is 34.8 Å². The van der Waals surface area contributed by atoms with Crippen molar-refractivity contribution in [2.45, 2.75) is 50.9 Å². The molecular formula is C36H36Cl3N5O3. The Kier molecular flexibility index (Phi) is 10.6. The molecular weight excluding hydrogens is 657 g/mol. The number of nitrogens with zero attached hydrogens (tertiary/aromatic N) is 1. The summed E-state index contributed by atoms with van der Waals surface area (Å²) in [6.07, 6.45) is 2.85. The quantitative estimate of drug-likeness (QED) is 0.130. The first kappa shape index (κ1) is 33.2. The van der Waals surface area contributed by atoms with Crippen LogP contribution in [0, 0.1) is 0 Å². The second-order valence-corrected chi connectivity index (χ2v) is 13.0. The van der Waals surface area contributed by atoms with Crippen LogP contribution in [0.3, 0.4) is 0 Å². The van der Waals surface area contributed by atoms with Gasteiger partial charge in [-0.05, 0) is 30.5 Å². The molecule has 2 saturated heterocycles. The summed E-state index contributed by atoms with van der Waals surface area (Å²) in [5.41, 5.74) is 6.56. The second kappa shape index (κ2) is 15.0. The fourth-order valence-corrected chi connectivity index (χ4v) is 7.10. The highest BCUT2D eigenvalue weighted by Gasteiger charge is 2.22. The number of ether oxygens (including phenoxy) is 1. The van der Waals surface area contributed by atoms with Crippen LogP contribution in [0.1, 0.15) is 36.8 Å². The van der Waals surface area contributed by atoms with Gasteiger partial charge in [-0.25, -0.2) is 4.98 Å². The molecule has 47 heavy (non-hydrogen) atoms. The molecule has 2 amide bonds. The third kappa shape index (κ3) is 7.74. The van der Waals surface area contributed by atoms with Crippen molar-refractivity contribution >= 4 is 46.6 Å². The molecule has 2 aliphatic heterocycles. The highest BCUT2D eigenvalue weighted by molar-refractivity contribution is 6.40. The van der Waals surface area contributed by atoms with Crippen LogP contribution < -0.4 is 26.0 Å². The standard InChI is InChI=1S/C36H36Cl3N5O3/c1-47-36-22(18-41-20-24-11-15-33(46)43-24)9-13-31(44-36)29-7-3-6-28(35(29)39)27-5-2-4-26(34(27)38)25-12-8-21(16-30(25)37)17-40-19-23-10-14-32(45)42-23/h2-9,12-13,16,23-24,40-41H,10-11,14-15,17-20H2,1H3,(H,42,45)(H,43,46)/t23-,24-/m0/s1. The molecule has 2 atom stereocenters. The molecule has 8 nitrogen and oxygen atoms in total. The van der Waals surface area contributed by atoms with Gasteiger partial charge in [0.15, 0.2) is 0 Å². The molecule has 0 spiro atoms. The molecule has 0 unspecified atom stereocenters. The lowest BCUT2D eigenvalue weighted by Crippen LogP contribution is -2.35. The van der Waals surface area contributed by atoms with Crippen LogP contribution in [-0.2, 0) is 22.7 Å². The highest BCUT2D eigenvalue weighted by Crippen LogP contribution is 2.43. The van der Waals surface area contributed by atoms with Gasteiger partial charge in [-0.15, -0.1) is 0 Å². The number of amides is 2. The minimum atomic E-state index is 0.100. The molecule has 2 aliphatic rings. The molecule has 6 rings (SSSR count). The maximum absolute atomic E-state index is 11.5. The maximum Gasteiger partial charge on any atom is 0.220 e. The molecule has 0 aliphatic carbocycles. The highest BCUT2D eigenvalue weighted by atomic mass is 35.5. The van der Waals surface area contributed by atoms with E-state index in [1.54, 1.807) is 7.11 Å². The zero-order valence-corrected chi connectivity index (χ0v) is 28.2. The fourth-order valence-electron chi connectivity index (χ4n) is 6.14. The van der Waals surface area contributed by atoms with E-state index < -0.39 is 0 Å². The van der Waals surface area contributed by atoms with Crippen LogP contribution in [0.2, 0.25) is 15.1 Å². The zero-order valence-electron chi connectivity index (χ0n) is 26.0. The Morgan fingerprint density at radius 1 is 0.745 bits per heavy atom. The SMILES string of the molecule is COc1nc(-c2cccc(-c3cccc(-c4ccc(CNC[C@@H]5CCC(=O)N5)cc4Cl)c3Cl)c2Cl)ccc1CNC[C@@H]1CCC(=O)N1. The van der Waals surface area contributed by atoms with Crippen LogP contribution in [0.4, 0.5) is 0 Å². The van der Waals surface area contributed by atoms with Gasteiger partial charge >= 0.3 is 0 Å². The fraction of sp³-hybridized carbons (Fsp3) is 0.306. The monoisotopic (exact) mass is 691 g/mol. The number of hydrogen-bond donors (Lipinski definition) is 4. The summed E-state index contributed by atoms with van der Waals surface area (Å²) in [6, 6.07) is 21.8. The Bertz CT molecular complexity index is 1800. The van der Waals surface area contributed by atoms with Gasteiger partial charge in [0.25, 0.3) is 0 Å². The van der Waals surface area contributed by atoms with Crippen molar-refractivity contribution in [2.24, 2.45) is 0 Å². The summed E-state index contributed by atoms with van der Waals surface area (Å²) in [4.78, 5) is 27.7. The Labute approximate surface area is 289 Å². The average Bonchev–Trinajstić information content (AvgIpc) is 3.68. The van der Waals surface area contributed by atoms with Gasteiger partial charge in [0.1, 0.15) is 0 Å². The van der Waals surface area contributed by atoms with Crippen molar-refractivity contribution in [3.63, 3.8) is 0 Å². The molecule has 0 radical (unpaired) electrons. The van der Waals surface area contributed by atoms with Crippen molar-refractivity contribution in [1.29, 1.82) is 0 Å². The second-order valence-electron chi connectivity index (χ2n) is 11.9. The normalized spacial score (nSPS) is 17.5. The van der Waals surface area contributed by atoms with Gasteiger partial charge < -0.3 is 26.0 Å². The van der Waals surface area contributed by atoms with E-state index >= 15 is 0 Å². The molecule has 244 valence electrons. The first-order chi connectivity index (χ1) is 22.8. The number of hydrogen-bond acceptors (Lipinski definition) is 6. The Hall–Kier alpha value is -3.66. The molecule has 11 heteroatoms. The van der Waals surface area contributed by atoms with Gasteiger partial charge in [0, 0.05) is 89.5 Å². The van der Waals surface area contributed by atoms with Gasteiger partial charge in [0.05, 0.1) is 22.8 Å². The number of nitrogens with one attached hydrogen (secondary N) is 4. The Balaban J connectivity index is 1.19. The number of aromatic nitrogens is 1. The molecule has 4 N–H and O–H groups in total. The number of pyridine rings is 1. The van der Waals surface area contributed by atoms with Crippen molar-refractivity contribution in [1.82, 2.24) is 26.3 Å². The third-order valence-corrected chi connectivity index (χ3v) is 9.74. The van der Waals surface area contributed by atoms with Crippen molar-refractivity contribution < 1.29 is 14.3 Å². The summed E-state index contributed by atoms with van der Waals surface area (Å²) in [5, 5.41) is 14.4. The molecule has 0 bridgehead atoms. The minimum Gasteiger partial charge on any atom is -0.481 e. The number of benzene rings is 3. The molecule has 3 heterocycles. The smallest absolute Gasteiger partial charge is 0.220 e. The first-order valence-electron chi connectivity index (χ1n) is 15.7. The van der Waals surface area contributed by atoms with Gasteiger partial charge in [0.2, 0.25) is 17.7 Å². The lowest BCUT2D eigenvalue weighted by atomic mass is 9.96. The number of methoxy groups -OCH3 is 1. The van der Waals surface area contributed by atoms with Gasteiger partial charge in [-0.1, -0.05) is 89.4 Å². The summed E-state index contributed by atoms with van der Waals surface area (Å²) in [5.74, 6) is 0.716. The summed E-state index contributed by atoms with van der Waals surface area (Å²) in [7, 11) is 1.60. The maximum atomic E-state index is 11.5. The third-order valence-electron chi connectivity index (χ3n) is 8.62. The molecule has 1 aromatic heterocycles. The largest absolute Gasteiger partial charge is 0.481 e. The van der Waals surface area contributed by atoms with E-state index in [2.05, 4.69) is 21.3 Å². The van der Waals surface area contributed by atoms with E-state index in [-0.39, 0.29) is 23.9 Å². The van der Waals surface area contributed by atoms with Gasteiger partial charge in [-0.2, -0.15) is 0 Å². The van der Waals surface area contributed by atoms with Crippen molar-refractivity contribution in [3.8, 4) is 39.4 Å². The lowest BCUT2D eigenvalue weighted by Gasteiger charge is -2.16. The molecule has 4 aromatic rings. The van der Waals surface area contributed by atoms with Crippen LogP contribution in [0.5, 0.6) is 5.88 Å². The molecule has 0 saturated carbocycles. The van der Waals surface area contributed by atoms with E-state index in [1.807, 2.05) is 66.7 Å². The summed E-state index contributed by atoms with van der Waals surface area (Å²) >= 11 is 20.9. The van der Waals surface area contributed by atoms with Crippen LogP contribution in [-0.4, -0.2) is 49.1 Å². The molecule has 3 aromatic carbocycles. The van der Waals surface area contributed by atoms with E-state index in [1.165, 1.54) is 0 Å². The molecule has 2 fully saturated rings. The minimum absolute atomic E-state index is 0.100. The number of halogens is 3. The predicted molar refractivity (Wildman–Crippen MR) is 188 cm³/mol. The number of rotatable bonds is 12. The lowest BCUT2D eigenvalue weighted by molar-refractivity contribution is -0.120. The predicted octanol–water partition coefficient (Wildman–Crippen LogP) is 6.79. The Morgan fingerprint density at radius 3 is 1.89 bits per heavy atom. The van der Waals surface area contributed by atoms with E-state index in [9.17, 15) is 9.59 Å². The average molecular weight is 693 g/mol. The number of carbonyl (C=O) groups is 2. The van der Waals surface area contributed by atoms with Crippen molar-refractivity contribution in [3.05, 3.63) is 92.9 Å². The Morgan fingerprint density at radius 2 is 1.32 bits per heavy atom. The van der Waals surface area contributed by atoms with Gasteiger partial charge in [-0.3, -0.25) is 9.59 Å². The summed E-state index contributed by atoms with van der Waals surface area (Å²) < 4.78 is 5.64.